The van der Waals surface area contributed by atoms with Crippen LogP contribution in [0.1, 0.15) is 18.2 Å². The Morgan fingerprint density at radius 3 is 2.60 bits per heavy atom. The van der Waals surface area contributed by atoms with Crippen molar-refractivity contribution in [1.29, 1.82) is 0 Å². The Kier molecular flexibility index (Phi) is 6.63. The number of fused-ring (bicyclic) bond motifs is 1. The zero-order valence-electron chi connectivity index (χ0n) is 14.9. The molecule has 0 radical (unpaired) electrons. The van der Waals surface area contributed by atoms with Crippen LogP contribution in [-0.4, -0.2) is 64.3 Å². The summed E-state index contributed by atoms with van der Waals surface area (Å²) in [5.74, 6) is 0.990. The molecule has 2 aromatic rings. The van der Waals surface area contributed by atoms with E-state index in [0.29, 0.717) is 6.54 Å². The third-order valence-corrected chi connectivity index (χ3v) is 4.33. The van der Waals surface area contributed by atoms with Crippen LogP contribution in [0, 0.1) is 6.92 Å². The Bertz CT molecular complexity index is 764. The van der Waals surface area contributed by atoms with E-state index in [-0.39, 0.29) is 29.9 Å². The van der Waals surface area contributed by atoms with Gasteiger partial charge in [0.25, 0.3) is 0 Å². The summed E-state index contributed by atoms with van der Waals surface area (Å²) < 4.78 is 2.03. The third-order valence-electron chi connectivity index (χ3n) is 4.33. The molecule has 136 valence electrons. The van der Waals surface area contributed by atoms with Crippen LogP contribution >= 0.6 is 24.0 Å². The van der Waals surface area contributed by atoms with Crippen molar-refractivity contribution in [1.82, 2.24) is 24.5 Å². The fraction of sp³-hybridized carbons (Fsp3) is 0.471. The molecule has 3 heterocycles. The Morgan fingerprint density at radius 2 is 1.96 bits per heavy atom. The number of guanidine groups is 1. The number of hydrogen-bond donors (Lipinski definition) is 1. The number of rotatable bonds is 2. The maximum absolute atomic E-state index is 11.4. The molecule has 0 saturated carbocycles. The van der Waals surface area contributed by atoms with Gasteiger partial charge in [-0.2, -0.15) is 0 Å². The smallest absolute Gasteiger partial charge is 0.219 e. The molecule has 1 N–H and O–H groups in total. The van der Waals surface area contributed by atoms with Crippen LogP contribution in [0.4, 0.5) is 0 Å². The first-order valence-corrected chi connectivity index (χ1v) is 8.22. The van der Waals surface area contributed by atoms with Crippen molar-refractivity contribution < 1.29 is 4.79 Å². The topological polar surface area (TPSA) is 65.2 Å². The summed E-state index contributed by atoms with van der Waals surface area (Å²) in [6.45, 7) is 7.38. The number of hydrogen-bond acceptors (Lipinski definition) is 3. The molecule has 0 bridgehead atoms. The molecule has 0 spiro atoms. The number of halogens is 1. The van der Waals surface area contributed by atoms with E-state index in [1.807, 2.05) is 21.7 Å². The molecule has 3 rings (SSSR count). The highest BCUT2D eigenvalue weighted by atomic mass is 127. The van der Waals surface area contributed by atoms with Crippen LogP contribution in [-0.2, 0) is 11.3 Å². The second-order valence-electron chi connectivity index (χ2n) is 6.10. The summed E-state index contributed by atoms with van der Waals surface area (Å²) in [4.78, 5) is 24.5. The number of carbonyl (C=O) groups is 1. The van der Waals surface area contributed by atoms with Gasteiger partial charge in [0.2, 0.25) is 5.91 Å². The first-order chi connectivity index (χ1) is 11.6. The van der Waals surface area contributed by atoms with Gasteiger partial charge in [-0.3, -0.25) is 9.79 Å². The van der Waals surface area contributed by atoms with Gasteiger partial charge in [-0.05, 0) is 24.6 Å². The highest BCUT2D eigenvalue weighted by Gasteiger charge is 2.20. The monoisotopic (exact) mass is 456 g/mol. The van der Waals surface area contributed by atoms with Gasteiger partial charge in [-0.25, -0.2) is 4.98 Å². The molecular weight excluding hydrogens is 431 g/mol. The van der Waals surface area contributed by atoms with Gasteiger partial charge in [0.05, 0.1) is 12.2 Å². The Balaban J connectivity index is 0.00000225. The van der Waals surface area contributed by atoms with Gasteiger partial charge in [-0.15, -0.1) is 24.0 Å². The molecule has 0 unspecified atom stereocenters. The summed E-state index contributed by atoms with van der Waals surface area (Å²) in [7, 11) is 1.78. The normalized spacial score (nSPS) is 15.2. The maximum atomic E-state index is 11.4. The number of imidazole rings is 1. The van der Waals surface area contributed by atoms with Gasteiger partial charge >= 0.3 is 0 Å². The average Bonchev–Trinajstić information content (AvgIpc) is 2.97. The lowest BCUT2D eigenvalue weighted by Crippen LogP contribution is -2.53. The molecular formula is C17H25IN6O. The van der Waals surface area contributed by atoms with E-state index in [0.717, 1.165) is 43.5 Å². The number of piperazine rings is 1. The number of nitrogens with zero attached hydrogens (tertiary/aromatic N) is 5. The first kappa shape index (κ1) is 19.5. The zero-order chi connectivity index (χ0) is 17.1. The number of pyridine rings is 1. The molecule has 25 heavy (non-hydrogen) atoms. The molecule has 1 fully saturated rings. The van der Waals surface area contributed by atoms with Crippen LogP contribution in [0.5, 0.6) is 0 Å². The Labute approximate surface area is 165 Å². The number of aryl methyl sites for hydroxylation is 1. The molecule has 0 aromatic carbocycles. The number of aliphatic imine (C=N–C) groups is 1. The molecule has 1 aliphatic rings. The Morgan fingerprint density at radius 1 is 1.28 bits per heavy atom. The summed E-state index contributed by atoms with van der Waals surface area (Å²) in [6, 6.07) is 4.14. The lowest BCUT2D eigenvalue weighted by atomic mass is 10.3. The number of aromatic nitrogens is 2. The van der Waals surface area contributed by atoms with E-state index >= 15 is 0 Å². The van der Waals surface area contributed by atoms with Gasteiger partial charge in [0.15, 0.2) is 5.96 Å². The second kappa shape index (κ2) is 8.50. The quantitative estimate of drug-likeness (QED) is 0.423. The Hall–Kier alpha value is -1.84. The average molecular weight is 456 g/mol. The predicted octanol–water partition coefficient (Wildman–Crippen LogP) is 1.50. The van der Waals surface area contributed by atoms with Crippen LogP contribution in [0.3, 0.4) is 0 Å². The lowest BCUT2D eigenvalue weighted by Gasteiger charge is -2.36. The fourth-order valence-electron chi connectivity index (χ4n) is 2.96. The van der Waals surface area contributed by atoms with Crippen molar-refractivity contribution in [3.05, 3.63) is 35.8 Å². The highest BCUT2D eigenvalue weighted by Crippen LogP contribution is 2.08. The summed E-state index contributed by atoms with van der Waals surface area (Å²) in [6.07, 6.45) is 4.06. The SMILES string of the molecule is CN=C(NCc1cn2ccc(C)cc2n1)N1CCN(C(C)=O)CC1.I. The molecule has 7 nitrogen and oxygen atoms in total. The number of nitrogens with one attached hydrogen (secondary N) is 1. The standard InChI is InChI=1S/C17H24N6O.HI/c1-13-4-5-23-12-15(20-16(23)10-13)11-19-17(18-3)22-8-6-21(7-9-22)14(2)24;/h4-5,10,12H,6-9,11H2,1-3H3,(H,18,19);1H. The molecule has 1 aliphatic heterocycles. The van der Waals surface area contributed by atoms with Gasteiger partial charge in [-0.1, -0.05) is 0 Å². The third kappa shape index (κ3) is 4.62. The van der Waals surface area contributed by atoms with E-state index in [1.165, 1.54) is 5.56 Å². The fourth-order valence-corrected chi connectivity index (χ4v) is 2.96. The molecule has 1 amide bonds. The summed E-state index contributed by atoms with van der Waals surface area (Å²) in [5, 5.41) is 3.37. The second-order valence-corrected chi connectivity index (χ2v) is 6.10. The summed E-state index contributed by atoms with van der Waals surface area (Å²) in [5.41, 5.74) is 3.13. The lowest BCUT2D eigenvalue weighted by molar-refractivity contribution is -0.130. The minimum absolute atomic E-state index is 0. The first-order valence-electron chi connectivity index (χ1n) is 8.22. The largest absolute Gasteiger partial charge is 0.351 e. The maximum Gasteiger partial charge on any atom is 0.219 e. The minimum atomic E-state index is 0. The van der Waals surface area contributed by atoms with Gasteiger partial charge in [0, 0.05) is 52.5 Å². The van der Waals surface area contributed by atoms with Crippen LogP contribution < -0.4 is 5.32 Å². The van der Waals surface area contributed by atoms with Gasteiger partial charge < -0.3 is 19.5 Å². The summed E-state index contributed by atoms with van der Waals surface area (Å²) >= 11 is 0. The van der Waals surface area contributed by atoms with Crippen molar-refractivity contribution in [2.24, 2.45) is 4.99 Å². The van der Waals surface area contributed by atoms with E-state index in [4.69, 9.17) is 0 Å². The van der Waals surface area contributed by atoms with Crippen molar-refractivity contribution >= 4 is 41.5 Å². The van der Waals surface area contributed by atoms with Crippen LogP contribution in [0.2, 0.25) is 0 Å². The van der Waals surface area contributed by atoms with Crippen molar-refractivity contribution in [3.8, 4) is 0 Å². The van der Waals surface area contributed by atoms with Crippen molar-refractivity contribution in [2.45, 2.75) is 20.4 Å². The highest BCUT2D eigenvalue weighted by molar-refractivity contribution is 14.0. The van der Waals surface area contributed by atoms with Gasteiger partial charge in [0.1, 0.15) is 5.65 Å². The zero-order valence-corrected chi connectivity index (χ0v) is 17.2. The molecule has 1 saturated heterocycles. The molecule has 0 aliphatic carbocycles. The minimum Gasteiger partial charge on any atom is -0.351 e. The molecule has 0 atom stereocenters. The number of carbonyl (C=O) groups excluding carboxylic acids is 1. The van der Waals surface area contributed by atoms with E-state index < -0.39 is 0 Å². The number of amides is 1. The molecule has 8 heteroatoms. The predicted molar refractivity (Wildman–Crippen MR) is 109 cm³/mol. The van der Waals surface area contributed by atoms with Crippen LogP contribution in [0.25, 0.3) is 5.65 Å². The van der Waals surface area contributed by atoms with E-state index in [2.05, 4.69) is 39.2 Å². The van der Waals surface area contributed by atoms with E-state index in [9.17, 15) is 4.79 Å². The van der Waals surface area contributed by atoms with E-state index in [1.54, 1.807) is 14.0 Å². The van der Waals surface area contributed by atoms with Crippen molar-refractivity contribution in [2.75, 3.05) is 33.2 Å². The molecule has 2 aromatic heterocycles. The van der Waals surface area contributed by atoms with Crippen molar-refractivity contribution in [3.63, 3.8) is 0 Å². The van der Waals surface area contributed by atoms with Crippen LogP contribution in [0.15, 0.2) is 29.5 Å².